The van der Waals surface area contributed by atoms with Crippen LogP contribution in [0.15, 0.2) is 42.5 Å². The first-order chi connectivity index (χ1) is 9.24. The van der Waals surface area contributed by atoms with Crippen LogP contribution in [0.3, 0.4) is 0 Å². The van der Waals surface area contributed by atoms with Crippen molar-refractivity contribution in [1.29, 1.82) is 0 Å². The average molecular weight is 251 g/mol. The number of aryl methyl sites for hydroxylation is 2. The van der Waals surface area contributed by atoms with E-state index in [4.69, 9.17) is 0 Å². The lowest BCUT2D eigenvalue weighted by atomic mass is 9.87. The molecule has 0 fully saturated rings. The first kappa shape index (κ1) is 12.4. The minimum Gasteiger partial charge on any atom is -0.309 e. The normalized spacial score (nSPS) is 18.1. The van der Waals surface area contributed by atoms with Gasteiger partial charge in [-0.2, -0.15) is 0 Å². The number of rotatable bonds is 2. The number of hydrogen-bond acceptors (Lipinski definition) is 1. The number of nitrogens with one attached hydrogen (secondary N) is 1. The van der Waals surface area contributed by atoms with Crippen molar-refractivity contribution in [2.24, 2.45) is 0 Å². The summed E-state index contributed by atoms with van der Waals surface area (Å²) in [5.74, 6) is 0. The van der Waals surface area contributed by atoms with Crippen LogP contribution in [0, 0.1) is 13.8 Å². The van der Waals surface area contributed by atoms with Crippen LogP contribution in [-0.2, 0) is 19.4 Å². The van der Waals surface area contributed by atoms with E-state index in [1.807, 2.05) is 0 Å². The summed E-state index contributed by atoms with van der Waals surface area (Å²) >= 11 is 0. The third-order valence-electron chi connectivity index (χ3n) is 4.24. The Labute approximate surface area is 115 Å². The van der Waals surface area contributed by atoms with Crippen molar-refractivity contribution < 1.29 is 0 Å². The van der Waals surface area contributed by atoms with E-state index in [2.05, 4.69) is 61.6 Å². The zero-order valence-corrected chi connectivity index (χ0v) is 11.7. The zero-order chi connectivity index (χ0) is 13.2. The molecule has 0 spiro atoms. The van der Waals surface area contributed by atoms with Crippen molar-refractivity contribution in [3.8, 4) is 0 Å². The van der Waals surface area contributed by atoms with Gasteiger partial charge in [0, 0.05) is 12.6 Å². The molecule has 1 aliphatic rings. The first-order valence-electron chi connectivity index (χ1n) is 7.09. The lowest BCUT2D eigenvalue weighted by Crippen LogP contribution is -2.38. The average Bonchev–Trinajstić information content (AvgIpc) is 2.44. The maximum absolute atomic E-state index is 3.69. The molecule has 2 aromatic carbocycles. The Morgan fingerprint density at radius 2 is 1.63 bits per heavy atom. The minimum absolute atomic E-state index is 0.565. The van der Waals surface area contributed by atoms with Gasteiger partial charge in [-0.05, 0) is 54.5 Å². The summed E-state index contributed by atoms with van der Waals surface area (Å²) in [6, 6.07) is 15.9. The van der Waals surface area contributed by atoms with E-state index in [0.29, 0.717) is 6.04 Å². The van der Waals surface area contributed by atoms with Gasteiger partial charge in [0.25, 0.3) is 0 Å². The molecular weight excluding hydrogens is 230 g/mol. The van der Waals surface area contributed by atoms with Crippen molar-refractivity contribution in [1.82, 2.24) is 5.32 Å². The highest BCUT2D eigenvalue weighted by Gasteiger charge is 2.20. The second kappa shape index (κ2) is 5.18. The molecule has 0 aliphatic carbocycles. The molecule has 19 heavy (non-hydrogen) atoms. The summed E-state index contributed by atoms with van der Waals surface area (Å²) in [7, 11) is 0. The van der Waals surface area contributed by atoms with Gasteiger partial charge < -0.3 is 5.32 Å². The fourth-order valence-corrected chi connectivity index (χ4v) is 3.07. The number of hydrogen-bond donors (Lipinski definition) is 1. The molecule has 1 unspecified atom stereocenters. The quantitative estimate of drug-likeness (QED) is 0.860. The van der Waals surface area contributed by atoms with E-state index in [-0.39, 0.29) is 0 Å². The second-order valence-electron chi connectivity index (χ2n) is 5.63. The van der Waals surface area contributed by atoms with Crippen molar-refractivity contribution in [2.45, 2.75) is 39.3 Å². The van der Waals surface area contributed by atoms with Gasteiger partial charge in [-0.25, -0.2) is 0 Å². The molecule has 0 bridgehead atoms. The molecule has 0 aromatic heterocycles. The van der Waals surface area contributed by atoms with Crippen LogP contribution in [0.4, 0.5) is 0 Å². The summed E-state index contributed by atoms with van der Waals surface area (Å²) in [5.41, 5.74) is 7.38. The van der Waals surface area contributed by atoms with Crippen LogP contribution in [0.1, 0.15) is 27.8 Å². The molecule has 98 valence electrons. The van der Waals surface area contributed by atoms with Gasteiger partial charge in [0.05, 0.1) is 0 Å². The van der Waals surface area contributed by atoms with E-state index in [1.165, 1.54) is 22.3 Å². The highest BCUT2D eigenvalue weighted by molar-refractivity contribution is 5.42. The molecule has 1 nitrogen and oxygen atoms in total. The van der Waals surface area contributed by atoms with E-state index in [9.17, 15) is 0 Å². The summed E-state index contributed by atoms with van der Waals surface area (Å²) < 4.78 is 0. The standard InChI is InChI=1S/C18H21N/c1-13-8-9-14(2)18-12-19-16(11-17(13)18)10-15-6-4-3-5-7-15/h3-9,16,19H,10-12H2,1-2H3. The fraction of sp³-hybridized carbons (Fsp3) is 0.333. The fourth-order valence-electron chi connectivity index (χ4n) is 3.07. The first-order valence-corrected chi connectivity index (χ1v) is 7.09. The Morgan fingerprint density at radius 1 is 0.947 bits per heavy atom. The van der Waals surface area contributed by atoms with Crippen LogP contribution < -0.4 is 5.32 Å². The van der Waals surface area contributed by atoms with Gasteiger partial charge in [-0.1, -0.05) is 42.5 Å². The Hall–Kier alpha value is -1.60. The van der Waals surface area contributed by atoms with Crippen LogP contribution in [0.2, 0.25) is 0 Å². The molecule has 1 atom stereocenters. The molecule has 3 rings (SSSR count). The molecule has 0 radical (unpaired) electrons. The maximum Gasteiger partial charge on any atom is 0.0213 e. The molecule has 1 heterocycles. The number of fused-ring (bicyclic) bond motifs is 1. The third-order valence-corrected chi connectivity index (χ3v) is 4.24. The molecule has 0 saturated carbocycles. The Kier molecular flexibility index (Phi) is 3.39. The van der Waals surface area contributed by atoms with Crippen LogP contribution in [0.25, 0.3) is 0 Å². The third kappa shape index (κ3) is 2.57. The topological polar surface area (TPSA) is 12.0 Å². The van der Waals surface area contributed by atoms with Gasteiger partial charge >= 0.3 is 0 Å². The van der Waals surface area contributed by atoms with E-state index >= 15 is 0 Å². The van der Waals surface area contributed by atoms with Crippen molar-refractivity contribution in [3.05, 3.63) is 70.3 Å². The molecule has 0 amide bonds. The van der Waals surface area contributed by atoms with Crippen molar-refractivity contribution >= 4 is 0 Å². The van der Waals surface area contributed by atoms with E-state index in [0.717, 1.165) is 19.4 Å². The lowest BCUT2D eigenvalue weighted by molar-refractivity contribution is 0.474. The summed E-state index contributed by atoms with van der Waals surface area (Å²) in [5, 5.41) is 3.69. The molecule has 1 aliphatic heterocycles. The highest BCUT2D eigenvalue weighted by atomic mass is 14.9. The van der Waals surface area contributed by atoms with Crippen molar-refractivity contribution in [3.63, 3.8) is 0 Å². The van der Waals surface area contributed by atoms with E-state index < -0.39 is 0 Å². The zero-order valence-electron chi connectivity index (χ0n) is 11.7. The monoisotopic (exact) mass is 251 g/mol. The smallest absolute Gasteiger partial charge is 0.0213 e. The van der Waals surface area contributed by atoms with Gasteiger partial charge in [0.1, 0.15) is 0 Å². The summed E-state index contributed by atoms with van der Waals surface area (Å²) in [6.45, 7) is 5.47. The highest BCUT2D eigenvalue weighted by Crippen LogP contribution is 2.24. The molecular formula is C18H21N. The van der Waals surface area contributed by atoms with E-state index in [1.54, 1.807) is 5.56 Å². The summed E-state index contributed by atoms with van der Waals surface area (Å²) in [6.07, 6.45) is 2.27. The minimum atomic E-state index is 0.565. The van der Waals surface area contributed by atoms with Crippen LogP contribution >= 0.6 is 0 Å². The lowest BCUT2D eigenvalue weighted by Gasteiger charge is -2.29. The van der Waals surface area contributed by atoms with Crippen LogP contribution in [-0.4, -0.2) is 6.04 Å². The van der Waals surface area contributed by atoms with Crippen LogP contribution in [0.5, 0.6) is 0 Å². The largest absolute Gasteiger partial charge is 0.309 e. The second-order valence-corrected chi connectivity index (χ2v) is 5.63. The van der Waals surface area contributed by atoms with Gasteiger partial charge in [-0.3, -0.25) is 0 Å². The van der Waals surface area contributed by atoms with Gasteiger partial charge in [0.2, 0.25) is 0 Å². The van der Waals surface area contributed by atoms with Gasteiger partial charge in [0.15, 0.2) is 0 Å². The predicted octanol–water partition coefficient (Wildman–Crippen LogP) is 3.56. The number of benzene rings is 2. The molecule has 1 N–H and O–H groups in total. The SMILES string of the molecule is Cc1ccc(C)c2c1CNC(Cc1ccccc1)C2. The Bertz CT molecular complexity index is 572. The Morgan fingerprint density at radius 3 is 2.37 bits per heavy atom. The van der Waals surface area contributed by atoms with Crippen molar-refractivity contribution in [2.75, 3.05) is 0 Å². The summed E-state index contributed by atoms with van der Waals surface area (Å²) in [4.78, 5) is 0. The predicted molar refractivity (Wildman–Crippen MR) is 80.4 cm³/mol. The molecule has 2 aromatic rings. The Balaban J connectivity index is 1.81. The maximum atomic E-state index is 3.69. The molecule has 0 saturated heterocycles. The molecule has 1 heteroatoms. The van der Waals surface area contributed by atoms with Gasteiger partial charge in [-0.15, -0.1) is 0 Å².